The Labute approximate surface area is 106 Å². The Balaban J connectivity index is 1.92. The average Bonchev–Trinajstić information content (AvgIpc) is 2.27. The summed E-state index contributed by atoms with van der Waals surface area (Å²) >= 11 is 0. The van der Waals surface area contributed by atoms with E-state index in [9.17, 15) is 9.50 Å². The number of rotatable bonds is 4. The van der Waals surface area contributed by atoms with Gasteiger partial charge in [-0.05, 0) is 30.2 Å². The van der Waals surface area contributed by atoms with Gasteiger partial charge in [-0.25, -0.2) is 4.39 Å². The molecule has 0 bridgehead atoms. The van der Waals surface area contributed by atoms with Gasteiger partial charge in [-0.15, -0.1) is 0 Å². The van der Waals surface area contributed by atoms with Crippen LogP contribution in [0.25, 0.3) is 0 Å². The summed E-state index contributed by atoms with van der Waals surface area (Å²) in [5.41, 5.74) is 3.15. The van der Waals surface area contributed by atoms with Crippen LogP contribution in [0.3, 0.4) is 0 Å². The smallest absolute Gasteiger partial charge is 0.127 e. The predicted molar refractivity (Wildman–Crippen MR) is 69.8 cm³/mol. The molecule has 2 rings (SSSR count). The third kappa shape index (κ3) is 3.57. The van der Waals surface area contributed by atoms with Crippen LogP contribution in [0.2, 0.25) is 0 Å². The molecule has 2 aromatic carbocycles. The molecular formula is C15H16FNO. The molecule has 0 amide bonds. The minimum atomic E-state index is -0.414. The summed E-state index contributed by atoms with van der Waals surface area (Å²) in [6.07, 6.45) is 0. The Morgan fingerprint density at radius 3 is 2.56 bits per heavy atom. The Morgan fingerprint density at radius 2 is 1.83 bits per heavy atom. The highest BCUT2D eigenvalue weighted by atomic mass is 19.1. The number of halogens is 1. The number of aryl methyl sites for hydroxylation is 1. The molecule has 0 aliphatic heterocycles. The van der Waals surface area contributed by atoms with Gasteiger partial charge in [-0.3, -0.25) is 0 Å². The number of hydrogen-bond acceptors (Lipinski definition) is 2. The fraction of sp³-hybridized carbons (Fsp3) is 0.200. The van der Waals surface area contributed by atoms with Crippen LogP contribution in [-0.4, -0.2) is 5.11 Å². The lowest BCUT2D eigenvalue weighted by atomic mass is 10.1. The van der Waals surface area contributed by atoms with Crippen LogP contribution in [0.4, 0.5) is 4.39 Å². The zero-order chi connectivity index (χ0) is 13.0. The minimum absolute atomic E-state index is 0.0395. The molecule has 0 aliphatic rings. The van der Waals surface area contributed by atoms with Gasteiger partial charge in [0.1, 0.15) is 11.6 Å². The first-order valence-corrected chi connectivity index (χ1v) is 5.88. The van der Waals surface area contributed by atoms with Gasteiger partial charge in [0.2, 0.25) is 0 Å². The molecule has 0 spiro atoms. The zero-order valence-corrected chi connectivity index (χ0v) is 10.3. The lowest BCUT2D eigenvalue weighted by molar-refractivity contribution is 0.467. The van der Waals surface area contributed by atoms with Crippen LogP contribution >= 0.6 is 0 Å². The summed E-state index contributed by atoms with van der Waals surface area (Å²) in [5.74, 6) is -0.454. The standard InChI is InChI=1S/C15H16FNO/c1-11-3-2-4-12(5-11)9-17-10-13-6-14(16)8-15(18)7-13/h2-8,17-18H,9-10H2,1H3. The molecule has 0 heterocycles. The first-order valence-electron chi connectivity index (χ1n) is 5.88. The van der Waals surface area contributed by atoms with E-state index in [4.69, 9.17) is 0 Å². The summed E-state index contributed by atoms with van der Waals surface area (Å²) in [6.45, 7) is 3.30. The fourth-order valence-corrected chi connectivity index (χ4v) is 1.91. The third-order valence-electron chi connectivity index (χ3n) is 2.68. The second-order valence-corrected chi connectivity index (χ2v) is 4.41. The molecule has 0 aromatic heterocycles. The largest absolute Gasteiger partial charge is 0.508 e. The van der Waals surface area contributed by atoms with Crippen LogP contribution in [0.15, 0.2) is 42.5 Å². The maximum Gasteiger partial charge on any atom is 0.127 e. The molecule has 0 saturated carbocycles. The van der Waals surface area contributed by atoms with Gasteiger partial charge in [0, 0.05) is 19.2 Å². The fourth-order valence-electron chi connectivity index (χ4n) is 1.91. The Morgan fingerprint density at radius 1 is 1.06 bits per heavy atom. The summed E-state index contributed by atoms with van der Waals surface area (Å²) in [6, 6.07) is 12.3. The van der Waals surface area contributed by atoms with E-state index in [-0.39, 0.29) is 5.75 Å². The van der Waals surface area contributed by atoms with E-state index in [1.807, 2.05) is 25.1 Å². The molecule has 0 atom stereocenters. The topological polar surface area (TPSA) is 32.3 Å². The molecule has 0 saturated heterocycles. The summed E-state index contributed by atoms with van der Waals surface area (Å²) in [7, 11) is 0. The number of aromatic hydroxyl groups is 1. The Kier molecular flexibility index (Phi) is 3.95. The molecule has 2 N–H and O–H groups in total. The monoisotopic (exact) mass is 245 g/mol. The quantitative estimate of drug-likeness (QED) is 0.867. The third-order valence-corrected chi connectivity index (χ3v) is 2.68. The van der Waals surface area contributed by atoms with Crippen molar-refractivity contribution < 1.29 is 9.50 Å². The van der Waals surface area contributed by atoms with E-state index < -0.39 is 5.82 Å². The number of benzene rings is 2. The maximum absolute atomic E-state index is 13.0. The Hall–Kier alpha value is -1.87. The second-order valence-electron chi connectivity index (χ2n) is 4.41. The first-order chi connectivity index (χ1) is 8.63. The van der Waals surface area contributed by atoms with E-state index in [1.54, 1.807) is 6.07 Å². The van der Waals surface area contributed by atoms with Crippen LogP contribution in [0.1, 0.15) is 16.7 Å². The van der Waals surface area contributed by atoms with Crippen LogP contribution in [-0.2, 0) is 13.1 Å². The van der Waals surface area contributed by atoms with Crippen molar-refractivity contribution in [3.05, 3.63) is 65.0 Å². The summed E-state index contributed by atoms with van der Waals surface area (Å²) in [4.78, 5) is 0. The Bertz CT molecular complexity index is 520. The highest BCUT2D eigenvalue weighted by molar-refractivity contribution is 5.28. The van der Waals surface area contributed by atoms with E-state index in [1.165, 1.54) is 17.2 Å². The molecule has 2 aromatic rings. The molecule has 0 radical (unpaired) electrons. The van der Waals surface area contributed by atoms with E-state index in [0.717, 1.165) is 18.2 Å². The van der Waals surface area contributed by atoms with Gasteiger partial charge < -0.3 is 10.4 Å². The zero-order valence-electron chi connectivity index (χ0n) is 10.3. The van der Waals surface area contributed by atoms with Crippen molar-refractivity contribution in [2.45, 2.75) is 20.0 Å². The van der Waals surface area contributed by atoms with E-state index in [2.05, 4.69) is 11.4 Å². The van der Waals surface area contributed by atoms with Gasteiger partial charge in [-0.2, -0.15) is 0 Å². The maximum atomic E-state index is 13.0. The van der Waals surface area contributed by atoms with Gasteiger partial charge in [0.05, 0.1) is 0 Å². The van der Waals surface area contributed by atoms with Crippen molar-refractivity contribution in [2.24, 2.45) is 0 Å². The number of phenolic OH excluding ortho intramolecular Hbond substituents is 1. The van der Waals surface area contributed by atoms with Crippen molar-refractivity contribution in [1.82, 2.24) is 5.32 Å². The molecular weight excluding hydrogens is 229 g/mol. The van der Waals surface area contributed by atoms with Crippen LogP contribution in [0.5, 0.6) is 5.75 Å². The molecule has 0 unspecified atom stereocenters. The second kappa shape index (κ2) is 5.65. The SMILES string of the molecule is Cc1cccc(CNCc2cc(O)cc(F)c2)c1. The van der Waals surface area contributed by atoms with Crippen molar-refractivity contribution in [1.29, 1.82) is 0 Å². The van der Waals surface area contributed by atoms with E-state index >= 15 is 0 Å². The van der Waals surface area contributed by atoms with Crippen LogP contribution < -0.4 is 5.32 Å². The number of hydrogen-bond donors (Lipinski definition) is 2. The van der Waals surface area contributed by atoms with E-state index in [0.29, 0.717) is 6.54 Å². The van der Waals surface area contributed by atoms with Crippen molar-refractivity contribution in [3.8, 4) is 5.75 Å². The molecule has 0 fully saturated rings. The van der Waals surface area contributed by atoms with Crippen molar-refractivity contribution >= 4 is 0 Å². The van der Waals surface area contributed by atoms with Crippen molar-refractivity contribution in [2.75, 3.05) is 0 Å². The molecule has 2 nitrogen and oxygen atoms in total. The number of nitrogens with one attached hydrogen (secondary N) is 1. The normalized spacial score (nSPS) is 10.6. The summed E-state index contributed by atoms with van der Waals surface area (Å²) < 4.78 is 13.0. The van der Waals surface area contributed by atoms with Gasteiger partial charge >= 0.3 is 0 Å². The number of phenols is 1. The molecule has 3 heteroatoms. The van der Waals surface area contributed by atoms with Gasteiger partial charge in [0.15, 0.2) is 0 Å². The van der Waals surface area contributed by atoms with Crippen LogP contribution in [0, 0.1) is 12.7 Å². The molecule has 0 aliphatic carbocycles. The lowest BCUT2D eigenvalue weighted by Gasteiger charge is -2.06. The average molecular weight is 245 g/mol. The highest BCUT2D eigenvalue weighted by Crippen LogP contribution is 2.14. The lowest BCUT2D eigenvalue weighted by Crippen LogP contribution is -2.12. The van der Waals surface area contributed by atoms with Crippen molar-refractivity contribution in [3.63, 3.8) is 0 Å². The summed E-state index contributed by atoms with van der Waals surface area (Å²) in [5, 5.41) is 12.5. The highest BCUT2D eigenvalue weighted by Gasteiger charge is 2.00. The molecule has 18 heavy (non-hydrogen) atoms. The minimum Gasteiger partial charge on any atom is -0.508 e. The molecule has 94 valence electrons. The van der Waals surface area contributed by atoms with Gasteiger partial charge in [0.25, 0.3) is 0 Å². The predicted octanol–water partition coefficient (Wildman–Crippen LogP) is 3.13. The van der Waals surface area contributed by atoms with Gasteiger partial charge in [-0.1, -0.05) is 29.8 Å². The first kappa shape index (κ1) is 12.6.